The molecule has 1 saturated heterocycles. The summed E-state index contributed by atoms with van der Waals surface area (Å²) in [4.78, 5) is 36.5. The number of nitrogens with zero attached hydrogens (tertiary/aromatic N) is 3. The molecule has 2 aromatic heterocycles. The zero-order valence-corrected chi connectivity index (χ0v) is 14.1. The highest BCUT2D eigenvalue weighted by atomic mass is 32.2. The molecule has 11 heteroatoms. The van der Waals surface area contributed by atoms with Gasteiger partial charge in [0.15, 0.2) is 0 Å². The van der Waals surface area contributed by atoms with Crippen molar-refractivity contribution in [3.05, 3.63) is 39.0 Å². The van der Waals surface area contributed by atoms with Gasteiger partial charge >= 0.3 is 5.69 Å². The van der Waals surface area contributed by atoms with Crippen LogP contribution in [0.2, 0.25) is 0 Å². The average molecular weight is 367 g/mol. The van der Waals surface area contributed by atoms with Crippen LogP contribution in [0.4, 0.5) is 0 Å². The minimum absolute atomic E-state index is 0.0361. The Balaban J connectivity index is 1.47. The third-order valence-corrected chi connectivity index (χ3v) is 4.35. The summed E-state index contributed by atoms with van der Waals surface area (Å²) in [6.07, 6.45) is 3.43. The molecule has 1 aliphatic rings. The number of thioether (sulfide) groups is 1. The lowest BCUT2D eigenvalue weighted by Gasteiger charge is -2.09. The zero-order chi connectivity index (χ0) is 17.6. The van der Waals surface area contributed by atoms with Gasteiger partial charge in [-0.25, -0.2) is 4.79 Å². The summed E-state index contributed by atoms with van der Waals surface area (Å²) in [6.45, 7) is 1.29. The van der Waals surface area contributed by atoms with Crippen LogP contribution in [0, 0.1) is 0 Å². The molecule has 3 rings (SSSR count). The topological polar surface area (TPSA) is 132 Å². The van der Waals surface area contributed by atoms with Crippen LogP contribution in [-0.2, 0) is 16.1 Å². The summed E-state index contributed by atoms with van der Waals surface area (Å²) in [5.74, 6) is 0.209. The highest BCUT2D eigenvalue weighted by Gasteiger charge is 2.16. The van der Waals surface area contributed by atoms with Crippen LogP contribution in [0.5, 0.6) is 0 Å². The number of amides is 1. The molecule has 0 spiro atoms. The second kappa shape index (κ2) is 8.12. The number of hydrogen-bond donors (Lipinski definition) is 2. The fourth-order valence-electron chi connectivity index (χ4n) is 2.29. The van der Waals surface area contributed by atoms with Crippen molar-refractivity contribution < 1.29 is 13.9 Å². The number of carbonyl (C=O) groups excluding carboxylic acids is 1. The SMILES string of the molecule is O=C(CSc1nnc(Cn2ccc(=O)[nH]c2=O)o1)NCC1CCCO1. The first kappa shape index (κ1) is 17.4. The minimum atomic E-state index is -0.562. The van der Waals surface area contributed by atoms with E-state index < -0.39 is 11.2 Å². The van der Waals surface area contributed by atoms with Gasteiger partial charge in [-0.15, -0.1) is 10.2 Å². The van der Waals surface area contributed by atoms with Gasteiger partial charge in [0.25, 0.3) is 10.8 Å². The smallest absolute Gasteiger partial charge is 0.328 e. The standard InChI is InChI=1S/C14H17N5O5S/c20-10-3-4-19(13(22)16-10)7-12-17-18-14(24-12)25-8-11(21)15-6-9-2-1-5-23-9/h3-4,9H,1-2,5-8H2,(H,15,21)(H,16,20,22). The summed E-state index contributed by atoms with van der Waals surface area (Å²) >= 11 is 1.11. The Morgan fingerprint density at radius 3 is 3.08 bits per heavy atom. The molecule has 10 nitrogen and oxygen atoms in total. The van der Waals surface area contributed by atoms with Gasteiger partial charge in [-0.1, -0.05) is 11.8 Å². The molecule has 0 aliphatic carbocycles. The third-order valence-electron chi connectivity index (χ3n) is 3.53. The van der Waals surface area contributed by atoms with Gasteiger partial charge in [0.05, 0.1) is 11.9 Å². The molecule has 0 saturated carbocycles. The third kappa shape index (κ3) is 5.03. The molecule has 1 fully saturated rings. The molecule has 2 aromatic rings. The fourth-order valence-corrected chi connectivity index (χ4v) is 2.90. The molecule has 3 heterocycles. The van der Waals surface area contributed by atoms with E-state index in [4.69, 9.17) is 9.15 Å². The van der Waals surface area contributed by atoms with E-state index in [1.807, 2.05) is 0 Å². The van der Waals surface area contributed by atoms with Gasteiger partial charge in [0.1, 0.15) is 6.54 Å². The van der Waals surface area contributed by atoms with E-state index in [9.17, 15) is 14.4 Å². The minimum Gasteiger partial charge on any atom is -0.414 e. The second-order valence-electron chi connectivity index (χ2n) is 5.43. The predicted octanol–water partition coefficient (Wildman–Crippen LogP) is -0.645. The molecule has 0 radical (unpaired) electrons. The van der Waals surface area contributed by atoms with Crippen molar-refractivity contribution in [3.8, 4) is 0 Å². The molecule has 1 amide bonds. The monoisotopic (exact) mass is 367 g/mol. The highest BCUT2D eigenvalue weighted by molar-refractivity contribution is 7.99. The van der Waals surface area contributed by atoms with E-state index in [1.54, 1.807) is 0 Å². The Bertz CT molecular complexity index is 838. The predicted molar refractivity (Wildman–Crippen MR) is 87.4 cm³/mol. The maximum absolute atomic E-state index is 11.8. The van der Waals surface area contributed by atoms with Crippen molar-refractivity contribution >= 4 is 17.7 Å². The molecule has 1 atom stereocenters. The van der Waals surface area contributed by atoms with Crippen LogP contribution in [0.1, 0.15) is 18.7 Å². The van der Waals surface area contributed by atoms with Crippen LogP contribution >= 0.6 is 11.8 Å². The van der Waals surface area contributed by atoms with Crippen LogP contribution in [0.25, 0.3) is 0 Å². The highest BCUT2D eigenvalue weighted by Crippen LogP contribution is 2.16. The number of nitrogens with one attached hydrogen (secondary N) is 2. The quantitative estimate of drug-likeness (QED) is 0.617. The van der Waals surface area contributed by atoms with Crippen LogP contribution < -0.4 is 16.6 Å². The van der Waals surface area contributed by atoms with Crippen molar-refractivity contribution in [2.24, 2.45) is 0 Å². The van der Waals surface area contributed by atoms with E-state index in [0.717, 1.165) is 31.2 Å². The Morgan fingerprint density at radius 1 is 1.44 bits per heavy atom. The summed E-state index contributed by atoms with van der Waals surface area (Å²) in [6, 6.07) is 1.23. The van der Waals surface area contributed by atoms with Crippen LogP contribution in [0.3, 0.4) is 0 Å². The first-order valence-electron chi connectivity index (χ1n) is 7.73. The Labute approximate surface area is 146 Å². The van der Waals surface area contributed by atoms with E-state index in [0.29, 0.717) is 6.54 Å². The molecule has 1 unspecified atom stereocenters. The van der Waals surface area contributed by atoms with E-state index in [2.05, 4.69) is 20.5 Å². The van der Waals surface area contributed by atoms with E-state index in [-0.39, 0.29) is 35.4 Å². The van der Waals surface area contributed by atoms with Crippen molar-refractivity contribution in [2.75, 3.05) is 18.9 Å². The Morgan fingerprint density at radius 2 is 2.32 bits per heavy atom. The normalized spacial score (nSPS) is 16.9. The summed E-state index contributed by atoms with van der Waals surface area (Å²) in [5, 5.41) is 10.7. The van der Waals surface area contributed by atoms with E-state index in [1.165, 1.54) is 16.8 Å². The molecule has 1 aliphatic heterocycles. The van der Waals surface area contributed by atoms with Gasteiger partial charge in [-0.3, -0.25) is 19.1 Å². The number of hydrogen-bond acceptors (Lipinski definition) is 8. The van der Waals surface area contributed by atoms with Gasteiger partial charge in [0.2, 0.25) is 11.8 Å². The lowest BCUT2D eigenvalue weighted by atomic mass is 10.2. The lowest BCUT2D eigenvalue weighted by Crippen LogP contribution is -2.32. The van der Waals surface area contributed by atoms with Gasteiger partial charge in [-0.05, 0) is 12.8 Å². The fraction of sp³-hybridized carbons (Fsp3) is 0.500. The molecule has 134 valence electrons. The van der Waals surface area contributed by atoms with Crippen LogP contribution in [-0.4, -0.2) is 50.7 Å². The molecular formula is C14H17N5O5S. The Hall–Kier alpha value is -2.40. The summed E-state index contributed by atoms with van der Waals surface area (Å²) in [7, 11) is 0. The number of H-pyrrole nitrogens is 1. The number of aromatic amines is 1. The first-order valence-corrected chi connectivity index (χ1v) is 8.72. The number of aromatic nitrogens is 4. The molecule has 25 heavy (non-hydrogen) atoms. The van der Waals surface area contributed by atoms with Crippen molar-refractivity contribution in [2.45, 2.75) is 30.7 Å². The van der Waals surface area contributed by atoms with Crippen molar-refractivity contribution in [1.82, 2.24) is 25.1 Å². The summed E-state index contributed by atoms with van der Waals surface area (Å²) < 4.78 is 12.0. The van der Waals surface area contributed by atoms with Gasteiger partial charge in [0, 0.05) is 25.4 Å². The van der Waals surface area contributed by atoms with Crippen LogP contribution in [0.15, 0.2) is 31.5 Å². The molecule has 0 aromatic carbocycles. The number of rotatable bonds is 7. The van der Waals surface area contributed by atoms with Gasteiger partial charge < -0.3 is 14.5 Å². The maximum Gasteiger partial charge on any atom is 0.328 e. The largest absolute Gasteiger partial charge is 0.414 e. The van der Waals surface area contributed by atoms with E-state index >= 15 is 0 Å². The lowest BCUT2D eigenvalue weighted by molar-refractivity contribution is -0.119. The number of ether oxygens (including phenoxy) is 1. The summed E-state index contributed by atoms with van der Waals surface area (Å²) in [5.41, 5.74) is -1.04. The molecule has 2 N–H and O–H groups in total. The van der Waals surface area contributed by atoms with Crippen molar-refractivity contribution in [3.63, 3.8) is 0 Å². The second-order valence-corrected chi connectivity index (χ2v) is 6.35. The molecular weight excluding hydrogens is 350 g/mol. The van der Waals surface area contributed by atoms with Gasteiger partial charge in [-0.2, -0.15) is 0 Å². The van der Waals surface area contributed by atoms with Crippen molar-refractivity contribution in [1.29, 1.82) is 0 Å². The molecule has 0 bridgehead atoms. The first-order chi connectivity index (χ1) is 12.1. The number of carbonyl (C=O) groups is 1. The average Bonchev–Trinajstić information content (AvgIpc) is 3.25. The Kier molecular flexibility index (Phi) is 5.66. The maximum atomic E-state index is 11.8. The zero-order valence-electron chi connectivity index (χ0n) is 13.3.